The van der Waals surface area contributed by atoms with Gasteiger partial charge in [0, 0.05) is 58.9 Å². The van der Waals surface area contributed by atoms with E-state index in [0.717, 1.165) is 0 Å². The first-order valence-electron chi connectivity index (χ1n) is 48.8. The van der Waals surface area contributed by atoms with Crippen molar-refractivity contribution in [3.8, 4) is 11.5 Å². The zero-order chi connectivity index (χ0) is 104. The van der Waals surface area contributed by atoms with Crippen LogP contribution in [0.15, 0.2) is 48.5 Å². The number of nitrogens with zero attached hydrogens (tertiary/aromatic N) is 5. The standard InChI is InChI=1S/C50H81N7O11.C46H75N7O10.C4H7ClO/c1-15-31(10)42-39(58)26-40(59)52-41(29(6)7)45(61)51-35(23-27(2)3)48(64)57-22-16-17-36(57)49(65)56(13)38(25-33-18-20-34(67-14)21-19-33)50(66)68-32(11)43(46(62)53-42)54-44(60)37(24-28(4)5)55(12)47(63)30(8)9;1-13-28(8)39-36(54)24-37(55)49-38(27(6)7)42(57)48-33(22-26(4)5)44(59)53-20-14-15-34(53)45(60)52(11)35(23-30-16-18-31(62-12)19-17-30)46(61)63-29(9)40(43(58)50-39)51-41(56)32(47-10)21-25(2)3;1-3(2)4(5)6/h18-21,27-32,35-39,41-43,58H,15-17,22-26H2,1-14H3,(H,51,61)(H,52,59)(H,53,62)(H,54,60);16-19,25-29,32-36,38-40,47,54H,13-15,20-24H2,1-12H3,(H,48,57)(H,49,55)(H,50,58)(H,51,56);3H,1-2H3/t31-,32+,35-,36-,37+,38-,39-,41-,42+,43-;28-,29+,32+,33-,34-,35-,36-,38-,39+,40-;/m00./s1. The molecule has 20 atom stereocenters. The molecule has 0 saturated carbocycles. The molecular weight excluding hydrogens is 1780 g/mol. The third-order valence-corrected chi connectivity index (χ3v) is 26.2. The first-order valence-corrected chi connectivity index (χ1v) is 49.2. The van der Waals surface area contributed by atoms with Gasteiger partial charge in [-0.1, -0.05) is 176 Å². The van der Waals surface area contributed by atoms with Gasteiger partial charge >= 0.3 is 11.9 Å². The topological polar surface area (TPSA) is 475 Å². The summed E-state index contributed by atoms with van der Waals surface area (Å²) in [4.78, 5) is 230. The summed E-state index contributed by atoms with van der Waals surface area (Å²) < 4.78 is 22.9. The maximum Gasteiger partial charge on any atom is 0.329 e. The van der Waals surface area contributed by atoms with Crippen LogP contribution < -0.4 is 57.3 Å². The Morgan fingerprint density at radius 1 is 0.496 bits per heavy atom. The number of halogens is 1. The van der Waals surface area contributed by atoms with Crippen molar-refractivity contribution in [1.82, 2.24) is 72.4 Å². The highest BCUT2D eigenvalue weighted by Crippen LogP contribution is 2.30. The number of hydrogen-bond acceptors (Lipinski definition) is 23. The third kappa shape index (κ3) is 36.0. The second-order valence-electron chi connectivity index (χ2n) is 40.2. The van der Waals surface area contributed by atoms with Crippen LogP contribution in [0.2, 0.25) is 0 Å². The van der Waals surface area contributed by atoms with Gasteiger partial charge in [0.05, 0.1) is 57.4 Å². The van der Waals surface area contributed by atoms with E-state index < -0.39 is 228 Å². The van der Waals surface area contributed by atoms with Crippen molar-refractivity contribution in [2.24, 2.45) is 59.2 Å². The summed E-state index contributed by atoms with van der Waals surface area (Å²) in [5.41, 5.74) is 1.30. The molecule has 6 rings (SSSR count). The monoisotopic (exact) mass is 1950 g/mol. The number of likely N-dealkylation sites (N-methyl/N-ethyl adjacent to an activating group) is 4. The van der Waals surface area contributed by atoms with E-state index in [9.17, 15) is 86.9 Å². The number of rotatable bonds is 28. The quantitative estimate of drug-likeness (QED) is 0.0322. The summed E-state index contributed by atoms with van der Waals surface area (Å²) >= 11 is 4.97. The molecule has 2 aromatic rings. The van der Waals surface area contributed by atoms with Gasteiger partial charge in [0.1, 0.15) is 90.2 Å². The Balaban J connectivity index is 0.000000541. The number of esters is 2. The molecule has 0 bridgehead atoms. The van der Waals surface area contributed by atoms with Gasteiger partial charge in [-0.15, -0.1) is 0 Å². The van der Waals surface area contributed by atoms with Crippen molar-refractivity contribution in [2.75, 3.05) is 55.5 Å². The summed E-state index contributed by atoms with van der Waals surface area (Å²) in [7, 11) is 9.10. The van der Waals surface area contributed by atoms with E-state index in [1.165, 1.54) is 73.7 Å². The predicted molar refractivity (Wildman–Crippen MR) is 520 cm³/mol. The molecule has 0 radical (unpaired) electrons. The smallest absolute Gasteiger partial charge is 0.329 e. The molecule has 4 heterocycles. The van der Waals surface area contributed by atoms with Crippen LogP contribution in [0.25, 0.3) is 0 Å². The number of benzene rings is 2. The first kappa shape index (κ1) is 119. The van der Waals surface area contributed by atoms with Crippen molar-refractivity contribution in [2.45, 2.75) is 351 Å². The lowest BCUT2D eigenvalue weighted by Crippen LogP contribution is -2.61. The average molecular weight is 1950 g/mol. The molecule has 4 aliphatic heterocycles. The summed E-state index contributed by atoms with van der Waals surface area (Å²) in [6, 6.07) is -1.90. The zero-order valence-corrected chi connectivity index (χ0v) is 87.0. The maximum absolute atomic E-state index is 14.7. The van der Waals surface area contributed by atoms with Gasteiger partial charge in [0.25, 0.3) is 0 Å². The number of carbonyl (C=O) groups excluding carboxylic acids is 16. The lowest BCUT2D eigenvalue weighted by Gasteiger charge is -2.36. The lowest BCUT2D eigenvalue weighted by molar-refractivity contribution is -0.163. The minimum atomic E-state index is -1.61. The Morgan fingerprint density at radius 2 is 0.847 bits per heavy atom. The van der Waals surface area contributed by atoms with E-state index in [1.807, 2.05) is 69.2 Å². The minimum Gasteiger partial charge on any atom is -0.497 e. The Kier molecular flexibility index (Phi) is 49.5. The summed E-state index contributed by atoms with van der Waals surface area (Å²) in [5, 5.41) is 48.5. The number of hydrogen-bond donors (Lipinski definition) is 11. The number of ether oxygens (including phenoxy) is 4. The summed E-state index contributed by atoms with van der Waals surface area (Å²) in [6.45, 7) is 39.8. The van der Waals surface area contributed by atoms with Crippen LogP contribution in [0.4, 0.5) is 0 Å². The summed E-state index contributed by atoms with van der Waals surface area (Å²) in [6.07, 6.45) is -3.11. The SMILES string of the molecule is CC(C)C(=O)Cl.CC[C@H](C)[C@H]1NC(=O)[C@@H](NC(=O)[C@@H](CC(C)C)N(C)C(=O)C(C)C)[C@@H](C)OC(=O)[C@H](Cc2ccc(OC)cc2)N(C)C(=O)[C@@H]2CCCN2C(=O)[C@H](CC(C)C)NC(=O)[C@H](C(C)C)NC(=O)C[C@@H]1O.CC[C@H](C)[C@H]1NC(=O)[C@@H](NC(=O)[C@@H](CC(C)C)NC)[C@@H](C)OC(=O)[C@H](Cc2ccc(OC)cc2)N(C)C(=O)[C@@H]2CCCN2C(=O)[C@H](CC(C)C)NC(=O)[C@H](C(C)C)NC(=O)C[C@@H]1O. The van der Waals surface area contributed by atoms with Gasteiger partial charge in [-0.25, -0.2) is 9.59 Å². The van der Waals surface area contributed by atoms with Crippen LogP contribution in [-0.2, 0) is 99.0 Å². The van der Waals surface area contributed by atoms with Crippen LogP contribution in [0.5, 0.6) is 11.5 Å². The van der Waals surface area contributed by atoms with Crippen LogP contribution in [0.1, 0.15) is 240 Å². The number of carbonyl (C=O) groups is 16. The van der Waals surface area contributed by atoms with E-state index in [0.29, 0.717) is 61.2 Å². The molecule has 36 nitrogen and oxygen atoms in total. The van der Waals surface area contributed by atoms with E-state index in [1.54, 1.807) is 125 Å². The molecule has 772 valence electrons. The van der Waals surface area contributed by atoms with Gasteiger partial charge in [-0.05, 0) is 167 Å². The third-order valence-electron chi connectivity index (χ3n) is 25.8. The van der Waals surface area contributed by atoms with Crippen molar-refractivity contribution < 1.29 is 106 Å². The zero-order valence-electron chi connectivity index (χ0n) is 86.3. The van der Waals surface area contributed by atoms with Crippen molar-refractivity contribution in [1.29, 1.82) is 0 Å². The Labute approximate surface area is 816 Å². The highest BCUT2D eigenvalue weighted by molar-refractivity contribution is 6.63. The number of amides is 13. The number of fused-ring (bicyclic) bond motifs is 2. The number of methoxy groups -OCH3 is 2. The fourth-order valence-corrected chi connectivity index (χ4v) is 17.0. The van der Waals surface area contributed by atoms with Gasteiger partial charge in [0.15, 0.2) is 0 Å². The molecular formula is C100H163ClN14O22. The van der Waals surface area contributed by atoms with Crippen LogP contribution in [-0.4, -0.2) is 293 Å². The van der Waals surface area contributed by atoms with Gasteiger partial charge in [0.2, 0.25) is 82.0 Å². The molecule has 2 aromatic carbocycles. The van der Waals surface area contributed by atoms with E-state index >= 15 is 0 Å². The molecule has 0 spiro atoms. The number of aliphatic hydroxyl groups is 2. The van der Waals surface area contributed by atoms with E-state index in [2.05, 4.69) is 47.9 Å². The highest BCUT2D eigenvalue weighted by atomic mass is 35.5. The first-order chi connectivity index (χ1) is 64.1. The van der Waals surface area contributed by atoms with Crippen molar-refractivity contribution >= 4 is 106 Å². The van der Waals surface area contributed by atoms with Crippen LogP contribution in [0, 0.1) is 59.2 Å². The fraction of sp³-hybridized carbons (Fsp3) is 0.720. The number of aliphatic hydroxyl groups excluding tert-OH is 2. The Hall–Kier alpha value is -10.1. The van der Waals surface area contributed by atoms with Gasteiger partial charge in [-0.3, -0.25) is 67.1 Å². The molecule has 4 saturated heterocycles. The average Bonchev–Trinajstić information content (AvgIpc) is 1.72. The number of nitrogens with one attached hydrogen (secondary N) is 9. The van der Waals surface area contributed by atoms with E-state index in [-0.39, 0.29) is 98.3 Å². The minimum absolute atomic E-state index is 0.0101. The van der Waals surface area contributed by atoms with Gasteiger partial charge < -0.3 is 102 Å². The highest BCUT2D eigenvalue weighted by Gasteiger charge is 2.48. The molecule has 4 aliphatic rings. The number of cyclic esters (lactones) is 2. The molecule has 13 amide bonds. The normalized spacial score (nSPS) is 25.9. The van der Waals surface area contributed by atoms with Crippen LogP contribution in [0.3, 0.4) is 0 Å². The largest absolute Gasteiger partial charge is 0.497 e. The van der Waals surface area contributed by atoms with E-state index in [4.69, 9.17) is 30.5 Å². The van der Waals surface area contributed by atoms with Crippen molar-refractivity contribution in [3.63, 3.8) is 0 Å². The fourth-order valence-electron chi connectivity index (χ4n) is 17.0. The summed E-state index contributed by atoms with van der Waals surface area (Å²) in [5.74, 6) is -10.6. The molecule has 0 aliphatic carbocycles. The molecule has 137 heavy (non-hydrogen) atoms. The predicted octanol–water partition coefficient (Wildman–Crippen LogP) is 6.45. The molecule has 0 unspecified atom stereocenters. The molecule has 4 fully saturated rings. The molecule has 0 aromatic heterocycles. The lowest BCUT2D eigenvalue weighted by atomic mass is 9.91. The maximum atomic E-state index is 14.7. The second kappa shape index (κ2) is 56.9. The van der Waals surface area contributed by atoms with Crippen molar-refractivity contribution in [3.05, 3.63) is 59.7 Å². The molecule has 37 heteroatoms. The van der Waals surface area contributed by atoms with Crippen LogP contribution >= 0.6 is 11.6 Å². The second-order valence-corrected chi connectivity index (χ2v) is 40.6. The van der Waals surface area contributed by atoms with Gasteiger partial charge in [-0.2, -0.15) is 0 Å². The Bertz CT molecular complexity index is 4320. The molecule has 11 N–H and O–H groups in total. The Morgan fingerprint density at radius 3 is 1.15 bits per heavy atom.